The van der Waals surface area contributed by atoms with Crippen molar-refractivity contribution in [3.8, 4) is 5.75 Å². The summed E-state index contributed by atoms with van der Waals surface area (Å²) in [7, 11) is 0. The van der Waals surface area contributed by atoms with E-state index in [1.807, 2.05) is 30.3 Å². The third-order valence-electron chi connectivity index (χ3n) is 3.58. The van der Waals surface area contributed by atoms with E-state index in [0.29, 0.717) is 13.0 Å². The Morgan fingerprint density at radius 2 is 1.56 bits per heavy atom. The Kier molecular flexibility index (Phi) is 7.22. The molecule has 5 nitrogen and oxygen atoms in total. The molecule has 0 fully saturated rings. The van der Waals surface area contributed by atoms with Crippen molar-refractivity contribution in [1.29, 1.82) is 0 Å². The first-order valence-corrected chi connectivity index (χ1v) is 8.22. The van der Waals surface area contributed by atoms with Gasteiger partial charge in [0.2, 0.25) is 5.91 Å². The number of carbonyl (C=O) groups is 2. The molecule has 0 bridgehead atoms. The van der Waals surface area contributed by atoms with Crippen molar-refractivity contribution in [2.24, 2.45) is 0 Å². The Morgan fingerprint density at radius 3 is 2.19 bits per heavy atom. The molecule has 0 saturated carbocycles. The fraction of sp³-hybridized carbons (Fsp3) is 0.263. The first kappa shape index (κ1) is 20.3. The molecular formula is C19H19F3N2O3. The van der Waals surface area contributed by atoms with Crippen LogP contribution in [0.3, 0.4) is 0 Å². The second kappa shape index (κ2) is 9.61. The highest BCUT2D eigenvalue weighted by atomic mass is 19.4. The van der Waals surface area contributed by atoms with Crippen molar-refractivity contribution < 1.29 is 27.5 Å². The smallest absolute Gasteiger partial charge is 0.416 e. The lowest BCUT2D eigenvalue weighted by Gasteiger charge is -2.10. The third-order valence-corrected chi connectivity index (χ3v) is 3.58. The number of halogens is 3. The zero-order valence-electron chi connectivity index (χ0n) is 14.4. The number of ether oxygens (including phenoxy) is 1. The number of benzene rings is 2. The molecule has 2 aromatic rings. The van der Waals surface area contributed by atoms with Crippen LogP contribution in [-0.4, -0.2) is 31.5 Å². The fourth-order valence-electron chi connectivity index (χ4n) is 2.17. The molecule has 2 rings (SSSR count). The van der Waals surface area contributed by atoms with Crippen LogP contribution in [0.15, 0.2) is 54.6 Å². The predicted octanol–water partition coefficient (Wildman–Crippen LogP) is 2.56. The number of alkyl halides is 3. The fourth-order valence-corrected chi connectivity index (χ4v) is 2.17. The van der Waals surface area contributed by atoms with Crippen LogP contribution in [0, 0.1) is 0 Å². The average Bonchev–Trinajstić information content (AvgIpc) is 2.65. The Bertz CT molecular complexity index is 747. The summed E-state index contributed by atoms with van der Waals surface area (Å²) in [5, 5.41) is 5.06. The summed E-state index contributed by atoms with van der Waals surface area (Å²) in [6.07, 6.45) is -3.75. The van der Waals surface area contributed by atoms with Crippen LogP contribution in [-0.2, 0) is 22.2 Å². The molecule has 0 atom stereocenters. The van der Waals surface area contributed by atoms with Crippen molar-refractivity contribution in [2.75, 3.05) is 19.7 Å². The standard InChI is InChI=1S/C19H19F3N2O3/c20-19(21,22)15-6-8-16(9-7-15)27-13-18(26)24-12-17(25)23-11-10-14-4-2-1-3-5-14/h1-9H,10-13H2,(H,23,25)(H,24,26). The second-order valence-electron chi connectivity index (χ2n) is 5.67. The zero-order chi connectivity index (χ0) is 19.7. The largest absolute Gasteiger partial charge is 0.484 e. The summed E-state index contributed by atoms with van der Waals surface area (Å²) >= 11 is 0. The lowest BCUT2D eigenvalue weighted by Crippen LogP contribution is -2.39. The lowest BCUT2D eigenvalue weighted by atomic mass is 10.1. The van der Waals surface area contributed by atoms with E-state index in [2.05, 4.69) is 10.6 Å². The lowest BCUT2D eigenvalue weighted by molar-refractivity contribution is -0.137. The summed E-state index contributed by atoms with van der Waals surface area (Å²) in [6, 6.07) is 13.6. The Hall–Kier alpha value is -3.03. The van der Waals surface area contributed by atoms with Crippen LogP contribution >= 0.6 is 0 Å². The molecule has 8 heteroatoms. The second-order valence-corrected chi connectivity index (χ2v) is 5.67. The topological polar surface area (TPSA) is 67.4 Å². The maximum atomic E-state index is 12.5. The molecule has 0 aliphatic heterocycles. The van der Waals surface area contributed by atoms with E-state index in [9.17, 15) is 22.8 Å². The van der Waals surface area contributed by atoms with E-state index < -0.39 is 24.3 Å². The molecule has 2 amide bonds. The molecule has 0 saturated heterocycles. The van der Waals surface area contributed by atoms with Gasteiger partial charge >= 0.3 is 6.18 Å². The molecule has 144 valence electrons. The molecule has 0 radical (unpaired) electrons. The van der Waals surface area contributed by atoms with Gasteiger partial charge < -0.3 is 15.4 Å². The van der Waals surface area contributed by atoms with E-state index in [-0.39, 0.29) is 18.2 Å². The highest BCUT2D eigenvalue weighted by molar-refractivity contribution is 5.85. The van der Waals surface area contributed by atoms with Crippen LogP contribution in [0.2, 0.25) is 0 Å². The normalized spacial score (nSPS) is 10.9. The van der Waals surface area contributed by atoms with Gasteiger partial charge in [0.1, 0.15) is 5.75 Å². The monoisotopic (exact) mass is 380 g/mol. The van der Waals surface area contributed by atoms with Gasteiger partial charge in [-0.2, -0.15) is 13.2 Å². The van der Waals surface area contributed by atoms with E-state index >= 15 is 0 Å². The van der Waals surface area contributed by atoms with Gasteiger partial charge in [0.25, 0.3) is 5.91 Å². The Balaban J connectivity index is 1.63. The molecule has 2 N–H and O–H groups in total. The van der Waals surface area contributed by atoms with Gasteiger partial charge in [-0.05, 0) is 36.2 Å². The van der Waals surface area contributed by atoms with Crippen LogP contribution in [0.4, 0.5) is 13.2 Å². The molecule has 0 heterocycles. The van der Waals surface area contributed by atoms with E-state index in [1.54, 1.807) is 0 Å². The Morgan fingerprint density at radius 1 is 0.889 bits per heavy atom. The van der Waals surface area contributed by atoms with Crippen molar-refractivity contribution in [1.82, 2.24) is 10.6 Å². The maximum absolute atomic E-state index is 12.5. The summed E-state index contributed by atoms with van der Waals surface area (Å²) in [5.41, 5.74) is 0.290. The van der Waals surface area contributed by atoms with E-state index in [0.717, 1.165) is 29.8 Å². The molecule has 0 aromatic heterocycles. The molecule has 27 heavy (non-hydrogen) atoms. The minimum absolute atomic E-state index is 0.130. The van der Waals surface area contributed by atoms with Gasteiger partial charge in [-0.1, -0.05) is 30.3 Å². The summed E-state index contributed by atoms with van der Waals surface area (Å²) in [4.78, 5) is 23.3. The molecule has 0 aliphatic rings. The van der Waals surface area contributed by atoms with Crippen LogP contribution in [0.25, 0.3) is 0 Å². The first-order valence-electron chi connectivity index (χ1n) is 8.22. The highest BCUT2D eigenvalue weighted by Crippen LogP contribution is 2.30. The summed E-state index contributed by atoms with van der Waals surface area (Å²) < 4.78 is 42.5. The SMILES string of the molecule is O=C(CNC(=O)COc1ccc(C(F)(F)F)cc1)NCCc1ccccc1. The Labute approximate surface area is 154 Å². The number of hydrogen-bond acceptors (Lipinski definition) is 3. The van der Waals surface area contributed by atoms with Gasteiger partial charge in [-0.15, -0.1) is 0 Å². The van der Waals surface area contributed by atoms with Crippen LogP contribution < -0.4 is 15.4 Å². The van der Waals surface area contributed by atoms with Gasteiger partial charge in [0, 0.05) is 6.54 Å². The summed E-state index contributed by atoms with van der Waals surface area (Å²) in [5.74, 6) is -0.757. The molecule has 2 aromatic carbocycles. The first-order chi connectivity index (χ1) is 12.8. The molecule has 0 aliphatic carbocycles. The van der Waals surface area contributed by atoms with Gasteiger partial charge in [0.05, 0.1) is 12.1 Å². The highest BCUT2D eigenvalue weighted by Gasteiger charge is 2.30. The third kappa shape index (κ3) is 7.39. The summed E-state index contributed by atoms with van der Waals surface area (Å²) in [6.45, 7) is -0.159. The van der Waals surface area contributed by atoms with E-state index in [1.165, 1.54) is 0 Å². The molecular weight excluding hydrogens is 361 g/mol. The van der Waals surface area contributed by atoms with Gasteiger partial charge in [0.15, 0.2) is 6.61 Å². The van der Waals surface area contributed by atoms with Crippen molar-refractivity contribution in [3.63, 3.8) is 0 Å². The minimum atomic E-state index is -4.43. The van der Waals surface area contributed by atoms with Crippen molar-refractivity contribution >= 4 is 11.8 Å². The van der Waals surface area contributed by atoms with E-state index in [4.69, 9.17) is 4.74 Å². The maximum Gasteiger partial charge on any atom is 0.416 e. The van der Waals surface area contributed by atoms with Gasteiger partial charge in [-0.25, -0.2) is 0 Å². The van der Waals surface area contributed by atoms with Crippen molar-refractivity contribution in [2.45, 2.75) is 12.6 Å². The zero-order valence-corrected chi connectivity index (χ0v) is 14.4. The average molecular weight is 380 g/mol. The van der Waals surface area contributed by atoms with Crippen LogP contribution in [0.5, 0.6) is 5.75 Å². The minimum Gasteiger partial charge on any atom is -0.484 e. The number of rotatable bonds is 8. The number of amides is 2. The number of hydrogen-bond donors (Lipinski definition) is 2. The predicted molar refractivity (Wildman–Crippen MR) is 93.1 cm³/mol. The number of carbonyl (C=O) groups excluding carboxylic acids is 2. The van der Waals surface area contributed by atoms with Crippen LogP contribution in [0.1, 0.15) is 11.1 Å². The molecule has 0 unspecified atom stereocenters. The van der Waals surface area contributed by atoms with Gasteiger partial charge in [-0.3, -0.25) is 9.59 Å². The molecule has 0 spiro atoms. The quantitative estimate of drug-likeness (QED) is 0.740. The number of nitrogens with one attached hydrogen (secondary N) is 2. The van der Waals surface area contributed by atoms with Crippen molar-refractivity contribution in [3.05, 3.63) is 65.7 Å².